The summed E-state index contributed by atoms with van der Waals surface area (Å²) in [4.78, 5) is 0. The van der Waals surface area contributed by atoms with E-state index in [9.17, 15) is 0 Å². The lowest BCUT2D eigenvalue weighted by molar-refractivity contribution is 0.293. The molecule has 0 aromatic rings. The summed E-state index contributed by atoms with van der Waals surface area (Å²) in [7, 11) is -1.62. The van der Waals surface area contributed by atoms with E-state index >= 15 is 0 Å². The first kappa shape index (κ1) is 18.7. The zero-order valence-electron chi connectivity index (χ0n) is 12.5. The van der Waals surface area contributed by atoms with E-state index in [1.807, 2.05) is 0 Å². The van der Waals surface area contributed by atoms with E-state index < -0.39 is 16.6 Å². The van der Waals surface area contributed by atoms with Crippen LogP contribution >= 0.6 is 0 Å². The summed E-state index contributed by atoms with van der Waals surface area (Å²) in [6.07, 6.45) is 2.11. The molecule has 3 nitrogen and oxygen atoms in total. The normalized spacial score (nSPS) is 13.0. The number of aliphatic hydroxyl groups is 1. The Morgan fingerprint density at radius 2 is 1.50 bits per heavy atom. The van der Waals surface area contributed by atoms with Gasteiger partial charge in [0.15, 0.2) is 16.6 Å². The van der Waals surface area contributed by atoms with E-state index in [4.69, 9.17) is 13.3 Å². The van der Waals surface area contributed by atoms with Crippen molar-refractivity contribution in [2.75, 3.05) is 6.61 Å². The van der Waals surface area contributed by atoms with Gasteiger partial charge in [-0.25, -0.2) is 0 Å². The van der Waals surface area contributed by atoms with Crippen LogP contribution in [0.15, 0.2) is 0 Å². The van der Waals surface area contributed by atoms with Crippen LogP contribution in [0, 0.1) is 0 Å². The van der Waals surface area contributed by atoms with Gasteiger partial charge in [0, 0.05) is 6.61 Å². The summed E-state index contributed by atoms with van der Waals surface area (Å²) in [5.41, 5.74) is 0. The van der Waals surface area contributed by atoms with Gasteiger partial charge in [0.25, 0.3) is 0 Å². The van der Waals surface area contributed by atoms with Crippen LogP contribution in [0.1, 0.15) is 12.8 Å². The molecule has 0 saturated heterocycles. The number of hydrogen-bond donors (Lipinski definition) is 1. The second-order valence-corrected chi connectivity index (χ2v) is 16.6. The molecule has 0 amide bonds. The highest BCUT2D eigenvalue weighted by atomic mass is 28.4. The highest BCUT2D eigenvalue weighted by Gasteiger charge is 2.23. The van der Waals surface area contributed by atoms with Crippen LogP contribution in [0.4, 0.5) is 0 Å². The predicted octanol–water partition coefficient (Wildman–Crippen LogP) is 2.91. The third-order valence-corrected chi connectivity index (χ3v) is 12.2. The van der Waals surface area contributed by atoms with Crippen molar-refractivity contribution in [3.63, 3.8) is 0 Å². The Morgan fingerprint density at radius 3 is 2.06 bits per heavy atom. The van der Waals surface area contributed by atoms with Gasteiger partial charge in [-0.15, -0.1) is 0 Å². The monoisotopic (exact) mass is 320 g/mol. The highest BCUT2D eigenvalue weighted by molar-refractivity contribution is 6.75. The zero-order chi connectivity index (χ0) is 14.1. The lowest BCUT2D eigenvalue weighted by Crippen LogP contribution is -2.33. The van der Waals surface area contributed by atoms with Crippen LogP contribution in [0.5, 0.6) is 0 Å². The molecule has 0 rings (SSSR count). The molecular weight excluding hydrogens is 292 g/mol. The van der Waals surface area contributed by atoms with Gasteiger partial charge in [-0.3, -0.25) is 0 Å². The largest absolute Gasteiger partial charge is 0.456 e. The van der Waals surface area contributed by atoms with E-state index in [0.29, 0.717) is 19.5 Å². The van der Waals surface area contributed by atoms with Gasteiger partial charge in [0.05, 0.1) is 0 Å². The minimum Gasteiger partial charge on any atom is -0.456 e. The van der Waals surface area contributed by atoms with Gasteiger partial charge < -0.3 is 13.3 Å². The first-order chi connectivity index (χ1) is 8.33. The first-order valence-electron chi connectivity index (χ1n) is 6.69. The van der Waals surface area contributed by atoms with Crippen molar-refractivity contribution in [3.8, 4) is 0 Å². The molecule has 0 aromatic carbocycles. The molecule has 0 heterocycles. The Balaban J connectivity index is 3.61. The molecule has 4 radical (unpaired) electrons. The van der Waals surface area contributed by atoms with Crippen LogP contribution < -0.4 is 0 Å². The topological polar surface area (TPSA) is 38.7 Å². The van der Waals surface area contributed by atoms with Gasteiger partial charge in [0.1, 0.15) is 0 Å². The van der Waals surface area contributed by atoms with Gasteiger partial charge in [-0.05, 0) is 57.3 Å². The molecule has 0 aliphatic rings. The summed E-state index contributed by atoms with van der Waals surface area (Å²) >= 11 is 0. The fourth-order valence-corrected chi connectivity index (χ4v) is 9.43. The molecule has 0 aromatic heterocycles. The molecule has 0 bridgehead atoms. The molecule has 0 spiro atoms. The maximum atomic E-state index is 8.84. The maximum absolute atomic E-state index is 8.84. The summed E-state index contributed by atoms with van der Waals surface area (Å²) in [5.74, 6) is 0. The standard InChI is InChI=1S/C11H28O3Si4/c1-15-13-17(2,3)11-7-9-16-14-18(4,5)10-6-8-12/h12H,6-11H2,1-5H3. The van der Waals surface area contributed by atoms with Crippen LogP contribution in [0.3, 0.4) is 0 Å². The van der Waals surface area contributed by atoms with Gasteiger partial charge in [-0.2, -0.15) is 0 Å². The molecule has 0 saturated carbocycles. The summed E-state index contributed by atoms with van der Waals surface area (Å²) in [5, 5.41) is 8.84. The van der Waals surface area contributed by atoms with Gasteiger partial charge in [-0.1, -0.05) is 6.42 Å². The third-order valence-electron chi connectivity index (χ3n) is 2.72. The van der Waals surface area contributed by atoms with Gasteiger partial charge >= 0.3 is 0 Å². The molecule has 1 N–H and O–H groups in total. The molecule has 18 heavy (non-hydrogen) atoms. The lowest BCUT2D eigenvalue weighted by atomic mass is 10.5. The Morgan fingerprint density at radius 1 is 0.944 bits per heavy atom. The molecule has 0 aliphatic heterocycles. The molecule has 0 aliphatic carbocycles. The van der Waals surface area contributed by atoms with Crippen LogP contribution in [0.25, 0.3) is 0 Å². The zero-order valence-corrected chi connectivity index (χ0v) is 16.5. The average Bonchev–Trinajstić information content (AvgIpc) is 2.25. The average molecular weight is 321 g/mol. The lowest BCUT2D eigenvalue weighted by Gasteiger charge is -2.24. The van der Waals surface area contributed by atoms with Crippen molar-refractivity contribution in [3.05, 3.63) is 0 Å². The minimum absolute atomic E-state index is 0.290. The maximum Gasteiger partial charge on any atom is 0.215 e. The summed E-state index contributed by atoms with van der Waals surface area (Å²) < 4.78 is 11.9. The van der Waals surface area contributed by atoms with Gasteiger partial charge in [0.2, 0.25) is 19.5 Å². The van der Waals surface area contributed by atoms with Crippen molar-refractivity contribution in [1.82, 2.24) is 0 Å². The van der Waals surface area contributed by atoms with E-state index in [1.54, 1.807) is 0 Å². The Kier molecular flexibility index (Phi) is 10.0. The smallest absolute Gasteiger partial charge is 0.215 e. The Labute approximate surface area is 120 Å². The second kappa shape index (κ2) is 9.62. The van der Waals surface area contributed by atoms with Crippen LogP contribution in [-0.2, 0) is 8.23 Å². The SMILES string of the molecule is C[Si]O[Si](C)(C)CCC[Si]O[Si](C)(C)CCCO. The third kappa shape index (κ3) is 10.7. The predicted molar refractivity (Wildman–Crippen MR) is 85.2 cm³/mol. The number of rotatable bonds is 11. The summed E-state index contributed by atoms with van der Waals surface area (Å²) in [6, 6.07) is 3.47. The Bertz CT molecular complexity index is 212. The van der Waals surface area contributed by atoms with Crippen molar-refractivity contribution in [2.45, 2.75) is 63.7 Å². The van der Waals surface area contributed by atoms with Crippen LogP contribution in [-0.4, -0.2) is 47.9 Å². The molecule has 0 atom stereocenters. The van der Waals surface area contributed by atoms with E-state index in [0.717, 1.165) is 12.5 Å². The van der Waals surface area contributed by atoms with E-state index in [2.05, 4.69) is 32.7 Å². The van der Waals surface area contributed by atoms with Crippen molar-refractivity contribution >= 4 is 36.2 Å². The highest BCUT2D eigenvalue weighted by Crippen LogP contribution is 2.17. The van der Waals surface area contributed by atoms with E-state index in [-0.39, 0.29) is 6.61 Å². The van der Waals surface area contributed by atoms with Crippen molar-refractivity contribution < 1.29 is 13.3 Å². The fraction of sp³-hybridized carbons (Fsp3) is 1.00. The van der Waals surface area contributed by atoms with Crippen molar-refractivity contribution in [2.24, 2.45) is 0 Å². The minimum atomic E-state index is -1.50. The second-order valence-electron chi connectivity index (χ2n) is 5.75. The quantitative estimate of drug-likeness (QED) is 0.470. The first-order valence-corrected chi connectivity index (χ1v) is 15.4. The molecule has 0 fully saturated rings. The van der Waals surface area contributed by atoms with E-state index in [1.165, 1.54) is 18.5 Å². The van der Waals surface area contributed by atoms with Crippen LogP contribution in [0.2, 0.25) is 50.9 Å². The van der Waals surface area contributed by atoms with Crippen molar-refractivity contribution in [1.29, 1.82) is 0 Å². The molecular formula is C11H28O3Si4. The number of hydrogen-bond acceptors (Lipinski definition) is 3. The fourth-order valence-electron chi connectivity index (χ4n) is 1.72. The Hall–Kier alpha value is 0.748. The molecule has 106 valence electrons. The molecule has 7 heteroatoms. The molecule has 0 unspecified atom stereocenters. The number of aliphatic hydroxyl groups excluding tert-OH is 1. The summed E-state index contributed by atoms with van der Waals surface area (Å²) in [6.45, 7) is 11.5.